The third kappa shape index (κ3) is 6.60. The number of para-hydroxylation sites is 1. The van der Waals surface area contributed by atoms with Gasteiger partial charge in [-0.3, -0.25) is 4.57 Å². The molecule has 3 heteroatoms. The maximum Gasteiger partial charge on any atom is 0.145 e. The third-order valence-corrected chi connectivity index (χ3v) is 15.4. The number of aromatic nitrogens is 3. The van der Waals surface area contributed by atoms with Gasteiger partial charge in [-0.1, -0.05) is 182 Å². The van der Waals surface area contributed by atoms with Crippen molar-refractivity contribution in [3.63, 3.8) is 0 Å². The number of rotatable bonds is 6. The summed E-state index contributed by atoms with van der Waals surface area (Å²) < 4.78 is 2.25. The highest BCUT2D eigenvalue weighted by atomic mass is 15.0. The van der Waals surface area contributed by atoms with Crippen LogP contribution in [0.15, 0.2) is 255 Å². The van der Waals surface area contributed by atoms with Crippen molar-refractivity contribution in [3.8, 4) is 61.6 Å². The van der Waals surface area contributed by atoms with Crippen LogP contribution in [0.3, 0.4) is 0 Å². The number of hydrogen-bond acceptors (Lipinski definition) is 2. The molecule has 15 aromatic rings. The molecule has 0 spiro atoms. The Morgan fingerprint density at radius 1 is 0.311 bits per heavy atom. The van der Waals surface area contributed by atoms with Crippen molar-refractivity contribution in [2.24, 2.45) is 0 Å². The Balaban J connectivity index is 0.904. The zero-order valence-corrected chi connectivity index (χ0v) is 40.6. The molecule has 0 radical (unpaired) electrons. The van der Waals surface area contributed by atoms with E-state index in [2.05, 4.69) is 254 Å². The zero-order chi connectivity index (χ0) is 48.9. The molecule has 0 N–H and O–H groups in total. The van der Waals surface area contributed by atoms with E-state index in [0.717, 1.165) is 66.8 Å². The fraction of sp³-hybridized carbons (Fsp3) is 0.0141. The third-order valence-electron chi connectivity index (χ3n) is 15.4. The molecule has 0 atom stereocenters. The number of fused-ring (bicyclic) bond motifs is 11. The summed E-state index contributed by atoms with van der Waals surface area (Å²) in [5, 5.41) is 17.2. The van der Waals surface area contributed by atoms with E-state index in [1.165, 1.54) is 86.9 Å². The van der Waals surface area contributed by atoms with Gasteiger partial charge in [0.25, 0.3) is 0 Å². The van der Waals surface area contributed by atoms with Crippen LogP contribution in [0.1, 0.15) is 5.56 Å². The molecule has 3 heterocycles. The summed E-state index contributed by atoms with van der Waals surface area (Å²) >= 11 is 0. The van der Waals surface area contributed by atoms with Crippen LogP contribution < -0.4 is 0 Å². The van der Waals surface area contributed by atoms with Crippen molar-refractivity contribution in [3.05, 3.63) is 260 Å². The van der Waals surface area contributed by atoms with Crippen molar-refractivity contribution in [1.29, 1.82) is 0 Å². The topological polar surface area (TPSA) is 30.7 Å². The summed E-state index contributed by atoms with van der Waals surface area (Å²) in [6.45, 7) is 2.16. The van der Waals surface area contributed by atoms with Crippen LogP contribution in [0.4, 0.5) is 0 Å². The van der Waals surface area contributed by atoms with Gasteiger partial charge in [0.05, 0.1) is 16.9 Å². The summed E-state index contributed by atoms with van der Waals surface area (Å²) in [6, 6.07) is 91.3. The average molecular weight is 940 g/mol. The fourth-order valence-corrected chi connectivity index (χ4v) is 12.1. The number of aryl methyl sites for hydroxylation is 1. The second-order valence-electron chi connectivity index (χ2n) is 19.7. The highest BCUT2D eigenvalue weighted by Crippen LogP contribution is 2.49. The van der Waals surface area contributed by atoms with Gasteiger partial charge in [-0.25, -0.2) is 9.97 Å². The molecule has 74 heavy (non-hydrogen) atoms. The van der Waals surface area contributed by atoms with E-state index in [-0.39, 0.29) is 0 Å². The number of hydrogen-bond donors (Lipinski definition) is 0. The quantitative estimate of drug-likeness (QED) is 0.123. The number of pyridine rings is 2. The summed E-state index contributed by atoms with van der Waals surface area (Å²) in [6.07, 6.45) is 1.87. The van der Waals surface area contributed by atoms with Crippen LogP contribution in [0, 0.1) is 6.92 Å². The standard InChI is InChI=1S/C71H45N3/c1-44-38-66(73-67(39-44)50-34-36-68-62(43-50)61-28-15-37-72-71(61)74(68)51-18-3-2-4-19-51)46-31-29-45(30-32-46)47-33-35-60-65(40-47)70(64-42-49-17-6-8-21-53(49)55-23-10-12-25-57(55)64)59-27-14-13-26-58(59)69(60)63-41-48-16-5-7-20-52(48)54-22-9-11-24-56(54)63/h2-43H,1H3. The summed E-state index contributed by atoms with van der Waals surface area (Å²) in [4.78, 5) is 10.2. The lowest BCUT2D eigenvalue weighted by Gasteiger charge is -2.21. The predicted octanol–water partition coefficient (Wildman–Crippen LogP) is 19.1. The first-order valence-electron chi connectivity index (χ1n) is 25.5. The molecule has 3 nitrogen and oxygen atoms in total. The Hall–Kier alpha value is -9.70. The van der Waals surface area contributed by atoms with Crippen LogP contribution in [-0.2, 0) is 0 Å². The highest BCUT2D eigenvalue weighted by molar-refractivity contribution is 6.28. The molecule has 3 aromatic heterocycles. The Kier molecular flexibility index (Phi) is 9.48. The minimum atomic E-state index is 0.945. The molecule has 0 unspecified atom stereocenters. The van der Waals surface area contributed by atoms with Gasteiger partial charge < -0.3 is 0 Å². The molecule has 0 aliphatic carbocycles. The Bertz CT molecular complexity index is 4780. The maximum atomic E-state index is 5.35. The summed E-state index contributed by atoms with van der Waals surface area (Å²) in [7, 11) is 0. The minimum Gasteiger partial charge on any atom is -0.294 e. The predicted molar refractivity (Wildman–Crippen MR) is 313 cm³/mol. The monoisotopic (exact) mass is 939 g/mol. The van der Waals surface area contributed by atoms with E-state index in [1.54, 1.807) is 0 Å². The Morgan fingerprint density at radius 2 is 0.784 bits per heavy atom. The van der Waals surface area contributed by atoms with Crippen molar-refractivity contribution >= 4 is 86.6 Å². The van der Waals surface area contributed by atoms with Gasteiger partial charge in [-0.2, -0.15) is 0 Å². The lowest BCUT2D eigenvalue weighted by Crippen LogP contribution is -1.95. The van der Waals surface area contributed by atoms with Crippen LogP contribution >= 0.6 is 0 Å². The molecule has 0 fully saturated rings. The Morgan fingerprint density at radius 3 is 1.43 bits per heavy atom. The SMILES string of the molecule is Cc1cc(-c2ccc(-c3ccc4c(-c5cc6ccccc6c6ccccc56)c5ccccc5c(-c5cc6ccccc6c6ccccc56)c4c3)cc2)nc(-c2ccc3c(c2)c2cccnc2n3-c2ccccc2)c1. The molecule has 0 aliphatic rings. The average Bonchev–Trinajstić information content (AvgIpc) is 3.80. The molecule has 15 rings (SSSR count). The second-order valence-corrected chi connectivity index (χ2v) is 19.7. The van der Waals surface area contributed by atoms with Crippen LogP contribution in [-0.4, -0.2) is 14.5 Å². The van der Waals surface area contributed by atoms with Gasteiger partial charge in [-0.15, -0.1) is 0 Å². The molecule has 12 aromatic carbocycles. The van der Waals surface area contributed by atoms with Gasteiger partial charge >= 0.3 is 0 Å². The van der Waals surface area contributed by atoms with E-state index in [4.69, 9.17) is 9.97 Å². The first kappa shape index (κ1) is 42.0. The van der Waals surface area contributed by atoms with Crippen LogP contribution in [0.25, 0.3) is 148 Å². The molecular formula is C71H45N3. The van der Waals surface area contributed by atoms with Crippen LogP contribution in [0.2, 0.25) is 0 Å². The molecule has 0 aliphatic heterocycles. The second kappa shape index (κ2) is 16.7. The molecule has 344 valence electrons. The summed E-state index contributed by atoms with van der Waals surface area (Å²) in [5.41, 5.74) is 15.7. The van der Waals surface area contributed by atoms with Crippen molar-refractivity contribution in [2.45, 2.75) is 6.92 Å². The van der Waals surface area contributed by atoms with Gasteiger partial charge in [0.2, 0.25) is 0 Å². The van der Waals surface area contributed by atoms with Crippen molar-refractivity contribution in [1.82, 2.24) is 14.5 Å². The first-order chi connectivity index (χ1) is 36.6. The van der Waals surface area contributed by atoms with Gasteiger partial charge in [-0.05, 0) is 177 Å². The molecular weight excluding hydrogens is 895 g/mol. The lowest BCUT2D eigenvalue weighted by atomic mass is 9.81. The summed E-state index contributed by atoms with van der Waals surface area (Å²) in [5.74, 6) is 0. The molecule has 0 saturated carbocycles. The smallest absolute Gasteiger partial charge is 0.145 e. The van der Waals surface area contributed by atoms with Gasteiger partial charge in [0.1, 0.15) is 5.65 Å². The van der Waals surface area contributed by atoms with Crippen LogP contribution in [0.5, 0.6) is 0 Å². The largest absolute Gasteiger partial charge is 0.294 e. The molecule has 0 saturated heterocycles. The Labute approximate surface area is 427 Å². The van der Waals surface area contributed by atoms with E-state index in [9.17, 15) is 0 Å². The molecule has 0 amide bonds. The molecule has 0 bridgehead atoms. The normalized spacial score (nSPS) is 11.9. The van der Waals surface area contributed by atoms with Crippen molar-refractivity contribution < 1.29 is 0 Å². The van der Waals surface area contributed by atoms with E-state index in [1.807, 2.05) is 12.3 Å². The van der Waals surface area contributed by atoms with Crippen molar-refractivity contribution in [2.75, 3.05) is 0 Å². The van der Waals surface area contributed by atoms with E-state index in [0.29, 0.717) is 0 Å². The number of nitrogens with zero attached hydrogens (tertiary/aromatic N) is 3. The van der Waals surface area contributed by atoms with Gasteiger partial charge in [0.15, 0.2) is 0 Å². The zero-order valence-electron chi connectivity index (χ0n) is 40.6. The highest BCUT2D eigenvalue weighted by Gasteiger charge is 2.22. The maximum absolute atomic E-state index is 5.35. The minimum absolute atomic E-state index is 0.945. The first-order valence-corrected chi connectivity index (χ1v) is 25.5. The number of benzene rings is 12. The fourth-order valence-electron chi connectivity index (χ4n) is 12.1. The van der Waals surface area contributed by atoms with Gasteiger partial charge in [0, 0.05) is 33.8 Å². The van der Waals surface area contributed by atoms with E-state index < -0.39 is 0 Å². The lowest BCUT2D eigenvalue weighted by molar-refractivity contribution is 1.14. The van der Waals surface area contributed by atoms with E-state index >= 15 is 0 Å².